The van der Waals surface area contributed by atoms with Crippen LogP contribution in [-0.2, 0) is 31.1 Å². The van der Waals surface area contributed by atoms with Crippen molar-refractivity contribution < 1.29 is 28.7 Å². The Labute approximate surface area is 277 Å². The minimum Gasteiger partial charge on any atom is -0.505 e. The molecule has 7 heteroatoms. The molecule has 1 aliphatic heterocycles. The number of phenolic OH excluding ortho intramolecular Hbond substituents is 1. The van der Waals surface area contributed by atoms with Crippen molar-refractivity contribution in [2.45, 2.75) is 30.7 Å². The summed E-state index contributed by atoms with van der Waals surface area (Å²) in [4.78, 5) is 59.4. The van der Waals surface area contributed by atoms with Gasteiger partial charge in [0.15, 0.2) is 23.1 Å². The van der Waals surface area contributed by atoms with E-state index in [0.29, 0.717) is 16.7 Å². The first-order valence-corrected chi connectivity index (χ1v) is 16.3. The number of phenols is 1. The molecule has 0 bridgehead atoms. The predicted molar refractivity (Wildman–Crippen MR) is 177 cm³/mol. The summed E-state index contributed by atoms with van der Waals surface area (Å²) in [5.74, 6) is -6.53. The average molecular weight is 638 g/mol. The standard InChI is InChI=1S/C41H32FNO5/c42-33-18-10-17-29(38(33)46)36-27-19-20-28-35(40(48)43(39(28)47)23-24-11-4-1-5-12-24)31(27)21-32-37(45)30(25-13-6-2-7-14-25)22-34(44)41(32,36)26-15-8-3-9-16-26/h1-19,22,28,31-32,35-36,46H,20-21,23H2/t28-,31+,32-,35-,36+,41-/m0/s1. The van der Waals surface area contributed by atoms with Gasteiger partial charge in [0, 0.05) is 23.0 Å². The summed E-state index contributed by atoms with van der Waals surface area (Å²) in [5.41, 5.74) is 1.60. The van der Waals surface area contributed by atoms with E-state index in [1.165, 1.54) is 17.0 Å². The van der Waals surface area contributed by atoms with Crippen LogP contribution in [-0.4, -0.2) is 33.4 Å². The number of likely N-dealkylation sites (tertiary alicyclic amines) is 1. The van der Waals surface area contributed by atoms with E-state index in [4.69, 9.17) is 0 Å². The van der Waals surface area contributed by atoms with Gasteiger partial charge in [0.1, 0.15) is 0 Å². The Morgan fingerprint density at radius 3 is 2.15 bits per heavy atom. The van der Waals surface area contributed by atoms with Gasteiger partial charge in [0.2, 0.25) is 11.8 Å². The lowest BCUT2D eigenvalue weighted by atomic mass is 9.44. The second-order valence-electron chi connectivity index (χ2n) is 13.2. The van der Waals surface area contributed by atoms with Crippen molar-refractivity contribution >= 4 is 29.0 Å². The van der Waals surface area contributed by atoms with E-state index in [1.807, 2.05) is 48.5 Å². The number of carbonyl (C=O) groups is 4. The van der Waals surface area contributed by atoms with Crippen molar-refractivity contribution in [3.05, 3.63) is 155 Å². The number of nitrogens with zero attached hydrogens (tertiary/aromatic N) is 1. The molecular formula is C41H32FNO5. The molecule has 1 heterocycles. The number of allylic oxidation sites excluding steroid dienone is 4. The summed E-state index contributed by atoms with van der Waals surface area (Å²) in [6.45, 7) is 0.136. The number of carbonyl (C=O) groups excluding carboxylic acids is 4. The Bertz CT molecular complexity index is 2040. The summed E-state index contributed by atoms with van der Waals surface area (Å²) in [5, 5.41) is 11.3. The minimum atomic E-state index is -1.54. The van der Waals surface area contributed by atoms with Crippen LogP contribution in [0.2, 0.25) is 0 Å². The van der Waals surface area contributed by atoms with E-state index in [0.717, 1.165) is 11.6 Å². The highest BCUT2D eigenvalue weighted by molar-refractivity contribution is 6.31. The van der Waals surface area contributed by atoms with Crippen LogP contribution in [0.4, 0.5) is 4.39 Å². The van der Waals surface area contributed by atoms with Gasteiger partial charge in [-0.2, -0.15) is 0 Å². The minimum absolute atomic E-state index is 0.136. The topological polar surface area (TPSA) is 91.8 Å². The summed E-state index contributed by atoms with van der Waals surface area (Å²) >= 11 is 0. The molecule has 8 rings (SSSR count). The lowest BCUT2D eigenvalue weighted by Gasteiger charge is -2.55. The summed E-state index contributed by atoms with van der Waals surface area (Å²) in [7, 11) is 0. The van der Waals surface area contributed by atoms with E-state index in [1.54, 1.807) is 54.6 Å². The highest BCUT2D eigenvalue weighted by Gasteiger charge is 2.66. The van der Waals surface area contributed by atoms with Gasteiger partial charge in [-0.3, -0.25) is 24.1 Å². The summed E-state index contributed by atoms with van der Waals surface area (Å²) in [6, 6.07) is 31.6. The first-order chi connectivity index (χ1) is 23.3. The van der Waals surface area contributed by atoms with Gasteiger partial charge in [-0.25, -0.2) is 4.39 Å². The number of rotatable bonds is 5. The van der Waals surface area contributed by atoms with Crippen molar-refractivity contribution in [1.82, 2.24) is 4.90 Å². The van der Waals surface area contributed by atoms with Crippen LogP contribution in [0, 0.1) is 29.5 Å². The van der Waals surface area contributed by atoms with Gasteiger partial charge in [0.25, 0.3) is 0 Å². The first-order valence-electron chi connectivity index (χ1n) is 16.3. The average Bonchev–Trinajstić information content (AvgIpc) is 3.36. The number of amides is 2. The van der Waals surface area contributed by atoms with Crippen LogP contribution in [0.3, 0.4) is 0 Å². The Hall–Kier alpha value is -5.43. The van der Waals surface area contributed by atoms with E-state index < -0.39 is 46.6 Å². The zero-order valence-corrected chi connectivity index (χ0v) is 26.0. The number of imide groups is 1. The van der Waals surface area contributed by atoms with Crippen molar-refractivity contribution in [3.8, 4) is 5.75 Å². The van der Waals surface area contributed by atoms with Gasteiger partial charge in [-0.05, 0) is 47.6 Å². The van der Waals surface area contributed by atoms with Crippen LogP contribution in [0.25, 0.3) is 5.57 Å². The predicted octanol–water partition coefficient (Wildman–Crippen LogP) is 6.56. The highest BCUT2D eigenvalue weighted by Crippen LogP contribution is 2.64. The zero-order chi connectivity index (χ0) is 33.2. The van der Waals surface area contributed by atoms with Gasteiger partial charge in [-0.1, -0.05) is 115 Å². The number of benzene rings is 4. The third-order valence-electron chi connectivity index (χ3n) is 11.0. The molecule has 4 aromatic carbocycles. The summed E-state index contributed by atoms with van der Waals surface area (Å²) in [6.07, 6.45) is 3.71. The number of halogens is 1. The second-order valence-corrected chi connectivity index (χ2v) is 13.2. The molecule has 3 aliphatic carbocycles. The largest absolute Gasteiger partial charge is 0.505 e. The van der Waals surface area contributed by atoms with E-state index in [2.05, 4.69) is 0 Å². The normalized spacial score (nSPS) is 27.9. The van der Waals surface area contributed by atoms with Crippen LogP contribution < -0.4 is 0 Å². The number of para-hydroxylation sites is 1. The molecule has 2 amide bonds. The Balaban J connectivity index is 1.35. The van der Waals surface area contributed by atoms with Crippen molar-refractivity contribution in [1.29, 1.82) is 0 Å². The Morgan fingerprint density at radius 1 is 0.771 bits per heavy atom. The Kier molecular flexibility index (Phi) is 7.09. The fourth-order valence-corrected chi connectivity index (χ4v) is 8.97. The fourth-order valence-electron chi connectivity index (χ4n) is 8.97. The zero-order valence-electron chi connectivity index (χ0n) is 26.0. The molecule has 1 saturated heterocycles. The maximum Gasteiger partial charge on any atom is 0.234 e. The van der Waals surface area contributed by atoms with Crippen LogP contribution in [0.15, 0.2) is 127 Å². The highest BCUT2D eigenvalue weighted by atomic mass is 19.1. The Morgan fingerprint density at radius 2 is 1.44 bits per heavy atom. The molecule has 1 N–H and O–H groups in total. The molecule has 1 saturated carbocycles. The molecule has 0 unspecified atom stereocenters. The second kappa shape index (κ2) is 11.4. The van der Waals surface area contributed by atoms with Crippen LogP contribution >= 0.6 is 0 Å². The molecule has 6 atom stereocenters. The molecule has 0 aromatic heterocycles. The summed E-state index contributed by atoms with van der Waals surface area (Å²) < 4.78 is 15.2. The van der Waals surface area contributed by atoms with Crippen LogP contribution in [0.1, 0.15) is 41.0 Å². The number of ketones is 2. The molecule has 4 aromatic rings. The molecule has 0 spiro atoms. The fraction of sp³-hybridized carbons (Fsp3) is 0.220. The smallest absolute Gasteiger partial charge is 0.234 e. The van der Waals surface area contributed by atoms with Gasteiger partial charge < -0.3 is 5.11 Å². The van der Waals surface area contributed by atoms with Crippen molar-refractivity contribution in [2.75, 3.05) is 0 Å². The molecule has 48 heavy (non-hydrogen) atoms. The number of hydrogen-bond acceptors (Lipinski definition) is 5. The van der Waals surface area contributed by atoms with Gasteiger partial charge >= 0.3 is 0 Å². The van der Waals surface area contributed by atoms with Gasteiger partial charge in [0.05, 0.1) is 23.8 Å². The molecule has 2 fully saturated rings. The lowest BCUT2D eigenvalue weighted by Crippen LogP contribution is -2.58. The molecule has 6 nitrogen and oxygen atoms in total. The number of Topliss-reactive ketones (excluding diaryl/α,β-unsaturated/α-hetero) is 1. The maximum absolute atomic E-state index is 15.2. The van der Waals surface area contributed by atoms with Crippen molar-refractivity contribution in [2.24, 2.45) is 23.7 Å². The number of fused-ring (bicyclic) bond motifs is 4. The molecule has 4 aliphatic rings. The number of aromatic hydroxyl groups is 1. The molecule has 0 radical (unpaired) electrons. The third kappa shape index (κ3) is 4.30. The van der Waals surface area contributed by atoms with Gasteiger partial charge in [-0.15, -0.1) is 0 Å². The van der Waals surface area contributed by atoms with E-state index in [9.17, 15) is 24.3 Å². The third-order valence-corrected chi connectivity index (χ3v) is 11.0. The maximum atomic E-state index is 15.2. The van der Waals surface area contributed by atoms with E-state index >= 15 is 4.39 Å². The SMILES string of the molecule is O=C1C(c2ccccc2)=CC(=O)[C@@]2(c3ccccc3)[C@@H](c3cccc(F)c3O)C3=CC[C@@H]4C(=O)N(Cc5ccccc5)C(=O)[C@@H]4[C@@H]3C[C@@H]12. The monoisotopic (exact) mass is 637 g/mol. The first kappa shape index (κ1) is 29.9. The quantitative estimate of drug-likeness (QED) is 0.198. The molecule has 238 valence electrons. The number of hydrogen-bond donors (Lipinski definition) is 1. The lowest BCUT2D eigenvalue weighted by molar-refractivity contribution is -0.141. The van der Waals surface area contributed by atoms with E-state index in [-0.39, 0.29) is 53.9 Å². The van der Waals surface area contributed by atoms with Crippen LogP contribution in [0.5, 0.6) is 5.75 Å². The van der Waals surface area contributed by atoms with Crippen molar-refractivity contribution in [3.63, 3.8) is 0 Å². The molecular weight excluding hydrogens is 605 g/mol.